The topological polar surface area (TPSA) is 135 Å². The Morgan fingerprint density at radius 2 is 1.60 bits per heavy atom. The molecule has 0 aromatic carbocycles. The van der Waals surface area contributed by atoms with Crippen LogP contribution in [0.3, 0.4) is 0 Å². The summed E-state index contributed by atoms with van der Waals surface area (Å²) in [5.74, 6) is 0.00312. The Morgan fingerprint density at radius 1 is 1.15 bits per heavy atom. The number of likely N-dealkylation sites (tertiary alicyclic amines) is 1. The van der Waals surface area contributed by atoms with Crippen LogP contribution in [-0.4, -0.2) is 60.9 Å². The van der Waals surface area contributed by atoms with Gasteiger partial charge in [-0.2, -0.15) is 0 Å². The van der Waals surface area contributed by atoms with Crippen LogP contribution in [-0.2, 0) is 9.13 Å². The molecule has 1 heterocycles. The molecule has 10 heteroatoms. The summed E-state index contributed by atoms with van der Waals surface area (Å²) in [6.45, 7) is 2.59. The number of quaternary nitrogens is 1. The zero-order valence-corrected chi connectivity index (χ0v) is 13.7. The van der Waals surface area contributed by atoms with Crippen molar-refractivity contribution in [2.45, 2.75) is 37.3 Å². The summed E-state index contributed by atoms with van der Waals surface area (Å²) in [6, 6.07) is -0.436. The first-order valence-corrected chi connectivity index (χ1v) is 9.61. The van der Waals surface area contributed by atoms with Crippen LogP contribution in [0.15, 0.2) is 0 Å². The molecule has 2 atom stereocenters. The molecule has 0 amide bonds. The van der Waals surface area contributed by atoms with E-state index in [-0.39, 0.29) is 5.92 Å². The molecular formula is C10H24NO7P2+. The number of hydrogen-bond acceptors (Lipinski definition) is 3. The lowest BCUT2D eigenvalue weighted by Crippen LogP contribution is -2.57. The lowest BCUT2D eigenvalue weighted by atomic mass is 9.87. The maximum absolute atomic E-state index is 11.4. The smallest absolute Gasteiger partial charge is 0.367 e. The van der Waals surface area contributed by atoms with E-state index < -0.39 is 32.7 Å². The van der Waals surface area contributed by atoms with Crippen molar-refractivity contribution in [2.75, 3.05) is 20.6 Å². The van der Waals surface area contributed by atoms with Gasteiger partial charge in [0.15, 0.2) is 0 Å². The molecule has 0 spiro atoms. The molecule has 1 aliphatic heterocycles. The second kappa shape index (κ2) is 5.45. The second-order valence-electron chi connectivity index (χ2n) is 6.26. The molecule has 0 aromatic heterocycles. The summed E-state index contributed by atoms with van der Waals surface area (Å²) >= 11 is 0. The van der Waals surface area contributed by atoms with Gasteiger partial charge in [-0.3, -0.25) is 9.13 Å². The van der Waals surface area contributed by atoms with Crippen molar-refractivity contribution in [1.82, 2.24) is 0 Å². The summed E-state index contributed by atoms with van der Waals surface area (Å²) in [7, 11) is -7.09. The van der Waals surface area contributed by atoms with Gasteiger partial charge >= 0.3 is 15.2 Å². The summed E-state index contributed by atoms with van der Waals surface area (Å²) < 4.78 is 23.2. The molecule has 1 fully saturated rings. The van der Waals surface area contributed by atoms with E-state index in [1.807, 2.05) is 21.0 Å². The van der Waals surface area contributed by atoms with E-state index in [0.29, 0.717) is 4.48 Å². The van der Waals surface area contributed by atoms with Crippen LogP contribution >= 0.6 is 15.2 Å². The van der Waals surface area contributed by atoms with E-state index in [1.54, 1.807) is 0 Å². The van der Waals surface area contributed by atoms with Gasteiger partial charge in [0.25, 0.3) is 5.08 Å². The van der Waals surface area contributed by atoms with Gasteiger partial charge in [-0.1, -0.05) is 6.92 Å². The van der Waals surface area contributed by atoms with Crippen LogP contribution in [0.5, 0.6) is 0 Å². The quantitative estimate of drug-likeness (QED) is 0.368. The highest BCUT2D eigenvalue weighted by Crippen LogP contribution is 2.69. The lowest BCUT2D eigenvalue weighted by molar-refractivity contribution is -0.924. The minimum Gasteiger partial charge on any atom is -0.367 e. The van der Waals surface area contributed by atoms with Crippen molar-refractivity contribution in [3.8, 4) is 0 Å². The summed E-state index contributed by atoms with van der Waals surface area (Å²) in [5.41, 5.74) is 0. The van der Waals surface area contributed by atoms with Crippen molar-refractivity contribution in [1.29, 1.82) is 0 Å². The average molecular weight is 332 g/mol. The van der Waals surface area contributed by atoms with E-state index in [4.69, 9.17) is 0 Å². The number of hydrogen-bond donors (Lipinski definition) is 5. The first kappa shape index (κ1) is 18.3. The third-order valence-electron chi connectivity index (χ3n) is 4.36. The van der Waals surface area contributed by atoms with E-state index >= 15 is 0 Å². The summed E-state index contributed by atoms with van der Waals surface area (Å²) in [4.78, 5) is 36.9. The third kappa shape index (κ3) is 3.34. The zero-order chi connectivity index (χ0) is 16.0. The highest BCUT2D eigenvalue weighted by molar-refractivity contribution is 7.72. The van der Waals surface area contributed by atoms with Crippen molar-refractivity contribution in [3.05, 3.63) is 0 Å². The highest BCUT2D eigenvalue weighted by Gasteiger charge is 2.62. The van der Waals surface area contributed by atoms with Crippen LogP contribution in [0.1, 0.15) is 26.2 Å². The molecule has 1 saturated heterocycles. The third-order valence-corrected chi connectivity index (χ3v) is 8.16. The molecule has 2 unspecified atom stereocenters. The standard InChI is InChI=1S/C10H23NO7P2/c1-8-5-4-6-11(2,3)9(8)7-10(12,19(13,14)15)20(16,17)18/h8-9,12H,4-7H2,1-3H3,(H3-,13,14,15,16,17,18)/p+1. The largest absolute Gasteiger partial charge is 0.369 e. The molecule has 1 aliphatic rings. The van der Waals surface area contributed by atoms with Crippen LogP contribution in [0.2, 0.25) is 0 Å². The van der Waals surface area contributed by atoms with Gasteiger partial charge in [0, 0.05) is 5.92 Å². The summed E-state index contributed by atoms with van der Waals surface area (Å²) in [5, 5.41) is 6.74. The molecular weight excluding hydrogens is 308 g/mol. The van der Waals surface area contributed by atoms with Crippen molar-refractivity contribution >= 4 is 15.2 Å². The zero-order valence-electron chi connectivity index (χ0n) is 11.9. The van der Waals surface area contributed by atoms with E-state index in [0.717, 1.165) is 19.4 Å². The number of aliphatic hydroxyl groups is 1. The Balaban J connectivity index is 3.20. The summed E-state index contributed by atoms with van der Waals surface area (Å²) in [6.07, 6.45) is 1.09. The predicted molar refractivity (Wildman–Crippen MR) is 72.8 cm³/mol. The molecule has 0 radical (unpaired) electrons. The normalized spacial score (nSPS) is 28.4. The Labute approximate surface area is 118 Å². The minimum absolute atomic E-state index is 0.00312. The van der Waals surface area contributed by atoms with Crippen LogP contribution in [0.25, 0.3) is 0 Å². The van der Waals surface area contributed by atoms with Crippen LogP contribution in [0, 0.1) is 5.92 Å². The van der Waals surface area contributed by atoms with Crippen molar-refractivity contribution in [2.24, 2.45) is 5.92 Å². The number of rotatable bonds is 4. The Morgan fingerprint density at radius 3 is 1.95 bits per heavy atom. The monoisotopic (exact) mass is 332 g/mol. The molecule has 0 aromatic rings. The van der Waals surface area contributed by atoms with Crippen molar-refractivity contribution < 1.29 is 38.3 Å². The highest BCUT2D eigenvalue weighted by atomic mass is 31.2. The van der Waals surface area contributed by atoms with Crippen LogP contribution in [0.4, 0.5) is 0 Å². The lowest BCUT2D eigenvalue weighted by Gasteiger charge is -2.47. The van der Waals surface area contributed by atoms with E-state index in [1.165, 1.54) is 0 Å². The molecule has 8 nitrogen and oxygen atoms in total. The second-order valence-corrected chi connectivity index (χ2v) is 10.3. The predicted octanol–water partition coefficient (Wildman–Crippen LogP) is 0.253. The van der Waals surface area contributed by atoms with Gasteiger partial charge in [-0.15, -0.1) is 0 Å². The SMILES string of the molecule is CC1CCC[N+](C)(C)C1CC(O)(P(=O)(O)O)P(=O)(O)O. The molecule has 20 heavy (non-hydrogen) atoms. The Hall–Kier alpha value is 0.220. The molecule has 1 rings (SSSR count). The van der Waals surface area contributed by atoms with E-state index in [2.05, 4.69) is 0 Å². The van der Waals surface area contributed by atoms with Gasteiger partial charge in [0.05, 0.1) is 33.1 Å². The van der Waals surface area contributed by atoms with E-state index in [9.17, 15) is 33.8 Å². The molecule has 0 bridgehead atoms. The maximum Gasteiger partial charge on any atom is 0.369 e. The molecule has 5 N–H and O–H groups in total. The van der Waals surface area contributed by atoms with Gasteiger partial charge in [-0.05, 0) is 12.8 Å². The van der Waals surface area contributed by atoms with Crippen molar-refractivity contribution in [3.63, 3.8) is 0 Å². The Kier molecular flexibility index (Phi) is 4.98. The number of nitrogens with zero attached hydrogens (tertiary/aromatic N) is 1. The first-order valence-electron chi connectivity index (χ1n) is 6.39. The van der Waals surface area contributed by atoms with Gasteiger partial charge < -0.3 is 29.2 Å². The maximum atomic E-state index is 11.4. The van der Waals surface area contributed by atoms with Crippen LogP contribution < -0.4 is 0 Å². The Bertz CT molecular complexity index is 433. The minimum atomic E-state index is -5.38. The fourth-order valence-corrected chi connectivity index (χ4v) is 5.21. The molecule has 120 valence electrons. The number of piperidine rings is 1. The molecule has 0 saturated carbocycles. The fourth-order valence-electron chi connectivity index (χ4n) is 3.00. The average Bonchev–Trinajstić information content (AvgIpc) is 2.19. The van der Waals surface area contributed by atoms with Gasteiger partial charge in [0.1, 0.15) is 0 Å². The fraction of sp³-hybridized carbons (Fsp3) is 1.00. The molecule has 0 aliphatic carbocycles. The van der Waals surface area contributed by atoms with Gasteiger partial charge in [-0.25, -0.2) is 0 Å². The first-order chi connectivity index (χ1) is 8.72. The van der Waals surface area contributed by atoms with Gasteiger partial charge in [0.2, 0.25) is 0 Å².